The van der Waals surface area contributed by atoms with Crippen molar-refractivity contribution in [2.75, 3.05) is 7.11 Å². The molecule has 0 radical (unpaired) electrons. The molecule has 1 saturated carbocycles. The zero-order chi connectivity index (χ0) is 13.8. The summed E-state index contributed by atoms with van der Waals surface area (Å²) in [6.45, 7) is 4.28. The number of rotatable bonds is 4. The summed E-state index contributed by atoms with van der Waals surface area (Å²) >= 11 is 0. The first-order chi connectivity index (χ1) is 9.10. The Morgan fingerprint density at radius 2 is 1.84 bits per heavy atom. The van der Waals surface area contributed by atoms with Gasteiger partial charge in [0, 0.05) is 6.04 Å². The average Bonchev–Trinajstić information content (AvgIpc) is 2.41. The van der Waals surface area contributed by atoms with Gasteiger partial charge < -0.3 is 15.2 Å². The van der Waals surface area contributed by atoms with E-state index in [1.807, 2.05) is 25.1 Å². The molecule has 1 fully saturated rings. The predicted octanol–water partition coefficient (Wildman–Crippen LogP) is 3.67. The van der Waals surface area contributed by atoms with Crippen molar-refractivity contribution in [2.45, 2.75) is 51.7 Å². The predicted molar refractivity (Wildman–Crippen MR) is 77.6 cm³/mol. The third kappa shape index (κ3) is 3.63. The van der Waals surface area contributed by atoms with Crippen LogP contribution in [0, 0.1) is 5.92 Å². The Bertz CT molecular complexity index is 409. The van der Waals surface area contributed by atoms with Crippen LogP contribution in [0.4, 0.5) is 0 Å². The van der Waals surface area contributed by atoms with E-state index in [2.05, 4.69) is 6.92 Å². The van der Waals surface area contributed by atoms with Crippen LogP contribution in [0.5, 0.6) is 11.5 Å². The molecule has 1 aromatic carbocycles. The lowest BCUT2D eigenvalue weighted by atomic mass is 9.89. The van der Waals surface area contributed by atoms with Gasteiger partial charge in [0.25, 0.3) is 0 Å². The second-order valence-corrected chi connectivity index (χ2v) is 5.70. The minimum atomic E-state index is 0.0125. The highest BCUT2D eigenvalue weighted by atomic mass is 16.5. The lowest BCUT2D eigenvalue weighted by Gasteiger charge is -2.27. The van der Waals surface area contributed by atoms with E-state index in [0.29, 0.717) is 6.10 Å². The van der Waals surface area contributed by atoms with Crippen LogP contribution in [0.3, 0.4) is 0 Å². The van der Waals surface area contributed by atoms with Gasteiger partial charge in [0.15, 0.2) is 11.5 Å². The first-order valence-corrected chi connectivity index (χ1v) is 7.20. The van der Waals surface area contributed by atoms with E-state index in [4.69, 9.17) is 15.2 Å². The van der Waals surface area contributed by atoms with Crippen molar-refractivity contribution in [3.8, 4) is 11.5 Å². The molecular weight excluding hydrogens is 238 g/mol. The molecule has 2 rings (SSSR count). The fourth-order valence-electron chi connectivity index (χ4n) is 2.59. The molecule has 2 N–H and O–H groups in total. The van der Waals surface area contributed by atoms with E-state index < -0.39 is 0 Å². The minimum Gasteiger partial charge on any atom is -0.493 e. The third-order valence-electron chi connectivity index (χ3n) is 3.97. The first kappa shape index (κ1) is 14.2. The van der Waals surface area contributed by atoms with E-state index in [1.165, 1.54) is 12.8 Å². The Hall–Kier alpha value is -1.22. The van der Waals surface area contributed by atoms with Crippen molar-refractivity contribution in [2.24, 2.45) is 11.7 Å². The van der Waals surface area contributed by atoms with Gasteiger partial charge in [-0.3, -0.25) is 0 Å². The topological polar surface area (TPSA) is 44.5 Å². The maximum absolute atomic E-state index is 6.09. The molecule has 0 bridgehead atoms. The number of hydrogen-bond donors (Lipinski definition) is 1. The van der Waals surface area contributed by atoms with Gasteiger partial charge >= 0.3 is 0 Å². The monoisotopic (exact) mass is 263 g/mol. The van der Waals surface area contributed by atoms with Crippen LogP contribution < -0.4 is 15.2 Å². The van der Waals surface area contributed by atoms with Gasteiger partial charge in [0.05, 0.1) is 13.2 Å². The van der Waals surface area contributed by atoms with Crippen LogP contribution in [0.25, 0.3) is 0 Å². The Morgan fingerprint density at radius 1 is 1.16 bits per heavy atom. The molecule has 3 heteroatoms. The molecule has 19 heavy (non-hydrogen) atoms. The zero-order valence-corrected chi connectivity index (χ0v) is 12.2. The highest BCUT2D eigenvalue weighted by Gasteiger charge is 2.21. The summed E-state index contributed by atoms with van der Waals surface area (Å²) in [5, 5.41) is 0. The van der Waals surface area contributed by atoms with Crippen molar-refractivity contribution in [1.82, 2.24) is 0 Å². The summed E-state index contributed by atoms with van der Waals surface area (Å²) in [7, 11) is 1.68. The molecule has 0 amide bonds. The molecule has 1 unspecified atom stereocenters. The molecule has 106 valence electrons. The Kier molecular flexibility index (Phi) is 4.70. The SMILES string of the molecule is COc1cc(C(C)N)ccc1OC1CCC(C)CC1. The Morgan fingerprint density at radius 3 is 2.42 bits per heavy atom. The van der Waals surface area contributed by atoms with Crippen LogP contribution in [0.2, 0.25) is 0 Å². The molecule has 1 aromatic rings. The molecule has 1 aliphatic rings. The highest BCUT2D eigenvalue weighted by Crippen LogP contribution is 2.33. The minimum absolute atomic E-state index is 0.0125. The van der Waals surface area contributed by atoms with Gasteiger partial charge in [-0.2, -0.15) is 0 Å². The van der Waals surface area contributed by atoms with Crippen LogP contribution in [-0.2, 0) is 0 Å². The van der Waals surface area contributed by atoms with Crippen molar-refractivity contribution < 1.29 is 9.47 Å². The van der Waals surface area contributed by atoms with Gasteiger partial charge in [-0.15, -0.1) is 0 Å². The molecule has 0 aromatic heterocycles. The summed E-state index contributed by atoms with van der Waals surface area (Å²) < 4.78 is 11.5. The average molecular weight is 263 g/mol. The summed E-state index contributed by atoms with van der Waals surface area (Å²) in [5.41, 5.74) is 6.96. The highest BCUT2D eigenvalue weighted by molar-refractivity contribution is 5.43. The largest absolute Gasteiger partial charge is 0.493 e. The lowest BCUT2D eigenvalue weighted by molar-refractivity contribution is 0.131. The molecule has 0 spiro atoms. The number of methoxy groups -OCH3 is 1. The zero-order valence-electron chi connectivity index (χ0n) is 12.2. The maximum atomic E-state index is 6.09. The first-order valence-electron chi connectivity index (χ1n) is 7.20. The van der Waals surface area contributed by atoms with Crippen LogP contribution in [-0.4, -0.2) is 13.2 Å². The normalized spacial score (nSPS) is 24.8. The Balaban J connectivity index is 2.07. The smallest absolute Gasteiger partial charge is 0.161 e. The molecular formula is C16H25NO2. The fourth-order valence-corrected chi connectivity index (χ4v) is 2.59. The van der Waals surface area contributed by atoms with Gasteiger partial charge in [0.2, 0.25) is 0 Å². The van der Waals surface area contributed by atoms with Crippen LogP contribution in [0.15, 0.2) is 18.2 Å². The summed E-state index contributed by atoms with van der Waals surface area (Å²) in [6.07, 6.45) is 5.11. The van der Waals surface area contributed by atoms with Gasteiger partial charge in [-0.1, -0.05) is 13.0 Å². The van der Waals surface area contributed by atoms with Crippen LogP contribution >= 0.6 is 0 Å². The van der Waals surface area contributed by atoms with Crippen molar-refractivity contribution in [1.29, 1.82) is 0 Å². The van der Waals surface area contributed by atoms with Crippen molar-refractivity contribution >= 4 is 0 Å². The number of nitrogens with two attached hydrogens (primary N) is 1. The number of benzene rings is 1. The van der Waals surface area contributed by atoms with E-state index in [9.17, 15) is 0 Å². The standard InChI is InChI=1S/C16H25NO2/c1-11-4-7-14(8-5-11)19-15-9-6-13(12(2)17)10-16(15)18-3/h6,9-12,14H,4-5,7-8,17H2,1-3H3. The number of ether oxygens (including phenoxy) is 2. The summed E-state index contributed by atoms with van der Waals surface area (Å²) in [4.78, 5) is 0. The van der Waals surface area contributed by atoms with Gasteiger partial charge in [-0.05, 0) is 56.2 Å². The molecule has 1 aliphatic carbocycles. The summed E-state index contributed by atoms with van der Waals surface area (Å²) in [5.74, 6) is 2.46. The van der Waals surface area contributed by atoms with E-state index in [1.54, 1.807) is 7.11 Å². The molecule has 0 saturated heterocycles. The Labute approximate surface area is 116 Å². The second-order valence-electron chi connectivity index (χ2n) is 5.70. The third-order valence-corrected chi connectivity index (χ3v) is 3.97. The van der Waals surface area contributed by atoms with Crippen molar-refractivity contribution in [3.05, 3.63) is 23.8 Å². The molecule has 3 nitrogen and oxygen atoms in total. The lowest BCUT2D eigenvalue weighted by Crippen LogP contribution is -2.23. The number of hydrogen-bond acceptors (Lipinski definition) is 3. The molecule has 0 aliphatic heterocycles. The van der Waals surface area contributed by atoms with E-state index in [0.717, 1.165) is 35.8 Å². The van der Waals surface area contributed by atoms with Crippen LogP contribution in [0.1, 0.15) is 51.1 Å². The molecule has 1 atom stereocenters. The molecule has 0 heterocycles. The van der Waals surface area contributed by atoms with Crippen molar-refractivity contribution in [3.63, 3.8) is 0 Å². The van der Waals surface area contributed by atoms with E-state index in [-0.39, 0.29) is 6.04 Å². The van der Waals surface area contributed by atoms with Gasteiger partial charge in [-0.25, -0.2) is 0 Å². The van der Waals surface area contributed by atoms with E-state index >= 15 is 0 Å². The fraction of sp³-hybridized carbons (Fsp3) is 0.625. The maximum Gasteiger partial charge on any atom is 0.161 e. The summed E-state index contributed by atoms with van der Waals surface area (Å²) in [6, 6.07) is 5.99. The second kappa shape index (κ2) is 6.29. The quantitative estimate of drug-likeness (QED) is 0.901. The van der Waals surface area contributed by atoms with Gasteiger partial charge in [0.1, 0.15) is 0 Å².